The topological polar surface area (TPSA) is 78.0 Å². The molecule has 1 fully saturated rings. The van der Waals surface area contributed by atoms with Crippen LogP contribution in [0.1, 0.15) is 25.0 Å². The van der Waals surface area contributed by atoms with Gasteiger partial charge >= 0.3 is 0 Å². The smallest absolute Gasteiger partial charge is 0.249 e. The number of carbonyl (C=O) groups is 1. The first kappa shape index (κ1) is 15.3. The number of aromatic amines is 1. The van der Waals surface area contributed by atoms with Crippen LogP contribution in [-0.2, 0) is 11.2 Å². The molecule has 2 aliphatic heterocycles. The molecule has 1 atom stereocenters. The van der Waals surface area contributed by atoms with Crippen molar-refractivity contribution >= 4 is 28.3 Å². The van der Waals surface area contributed by atoms with Gasteiger partial charge in [0.2, 0.25) is 5.91 Å². The summed E-state index contributed by atoms with van der Waals surface area (Å²) in [6, 6.07) is 7.79. The van der Waals surface area contributed by atoms with Crippen LogP contribution in [0.15, 0.2) is 36.8 Å². The van der Waals surface area contributed by atoms with Gasteiger partial charge in [-0.15, -0.1) is 0 Å². The maximum atomic E-state index is 13.4. The Labute approximate surface area is 151 Å². The lowest BCUT2D eigenvalue weighted by Crippen LogP contribution is -2.47. The average Bonchev–Trinajstić information content (AvgIpc) is 3.36. The number of fused-ring (bicyclic) bond motifs is 2. The minimum atomic E-state index is -0.186. The maximum absolute atomic E-state index is 13.4. The molecule has 4 heterocycles. The first-order chi connectivity index (χ1) is 12.8. The first-order valence-electron chi connectivity index (χ1n) is 9.13. The van der Waals surface area contributed by atoms with Gasteiger partial charge in [-0.2, -0.15) is 5.10 Å². The van der Waals surface area contributed by atoms with Crippen LogP contribution in [0, 0.1) is 0 Å². The number of aromatic nitrogens is 4. The number of para-hydroxylation sites is 1. The van der Waals surface area contributed by atoms with Crippen LogP contribution < -0.4 is 9.80 Å². The summed E-state index contributed by atoms with van der Waals surface area (Å²) in [4.78, 5) is 26.3. The summed E-state index contributed by atoms with van der Waals surface area (Å²) < 4.78 is 0. The summed E-state index contributed by atoms with van der Waals surface area (Å²) >= 11 is 0. The zero-order valence-corrected chi connectivity index (χ0v) is 14.4. The van der Waals surface area contributed by atoms with E-state index in [9.17, 15) is 4.79 Å². The third-order valence-electron chi connectivity index (χ3n) is 5.39. The Morgan fingerprint density at radius 3 is 3.04 bits per heavy atom. The number of H-pyrrole nitrogens is 1. The number of rotatable bonds is 2. The number of amides is 1. The van der Waals surface area contributed by atoms with Gasteiger partial charge in [0.15, 0.2) is 0 Å². The highest BCUT2D eigenvalue weighted by atomic mass is 16.2. The normalized spacial score (nSPS) is 19.8. The highest BCUT2D eigenvalue weighted by Gasteiger charge is 2.37. The second-order valence-electron chi connectivity index (χ2n) is 6.89. The van der Waals surface area contributed by atoms with Crippen molar-refractivity contribution in [2.24, 2.45) is 0 Å². The van der Waals surface area contributed by atoms with Crippen molar-refractivity contribution in [3.63, 3.8) is 0 Å². The summed E-state index contributed by atoms with van der Waals surface area (Å²) in [7, 11) is 0. The Balaban J connectivity index is 1.51. The molecular weight excluding hydrogens is 328 g/mol. The van der Waals surface area contributed by atoms with Crippen molar-refractivity contribution < 1.29 is 4.79 Å². The quantitative estimate of drug-likeness (QED) is 0.769. The molecule has 2 aliphatic rings. The van der Waals surface area contributed by atoms with Gasteiger partial charge in [-0.3, -0.25) is 9.89 Å². The van der Waals surface area contributed by atoms with Gasteiger partial charge in [0.25, 0.3) is 0 Å². The second-order valence-corrected chi connectivity index (χ2v) is 6.89. The van der Waals surface area contributed by atoms with Gasteiger partial charge in [-0.25, -0.2) is 9.97 Å². The van der Waals surface area contributed by atoms with Gasteiger partial charge < -0.3 is 9.80 Å². The van der Waals surface area contributed by atoms with Crippen LogP contribution >= 0.6 is 0 Å². The molecule has 26 heavy (non-hydrogen) atoms. The van der Waals surface area contributed by atoms with Crippen molar-refractivity contribution in [1.82, 2.24) is 20.2 Å². The molecule has 1 saturated heterocycles. The van der Waals surface area contributed by atoms with E-state index in [1.165, 1.54) is 0 Å². The fraction of sp³-hybridized carbons (Fsp3) is 0.368. The minimum Gasteiger partial charge on any atom is -0.344 e. The lowest BCUT2D eigenvalue weighted by atomic mass is 10.1. The lowest BCUT2D eigenvalue weighted by Gasteiger charge is -2.33. The molecule has 7 nitrogen and oxygen atoms in total. The molecule has 2 aromatic heterocycles. The molecule has 132 valence electrons. The summed E-state index contributed by atoms with van der Waals surface area (Å²) in [6.45, 7) is 1.59. The van der Waals surface area contributed by atoms with Crippen molar-refractivity contribution in [3.05, 3.63) is 42.5 Å². The van der Waals surface area contributed by atoms with E-state index in [0.717, 1.165) is 66.9 Å². The third-order valence-corrected chi connectivity index (χ3v) is 5.39. The van der Waals surface area contributed by atoms with Crippen molar-refractivity contribution in [2.45, 2.75) is 31.7 Å². The molecule has 5 rings (SSSR count). The Hall–Kier alpha value is -2.96. The van der Waals surface area contributed by atoms with Crippen LogP contribution in [0.4, 0.5) is 11.5 Å². The Kier molecular flexibility index (Phi) is 3.58. The van der Waals surface area contributed by atoms with Crippen LogP contribution in [0.5, 0.6) is 0 Å². The van der Waals surface area contributed by atoms with Gasteiger partial charge in [0.05, 0.1) is 23.1 Å². The number of aryl methyl sites for hydroxylation is 1. The molecule has 7 heteroatoms. The van der Waals surface area contributed by atoms with E-state index >= 15 is 0 Å². The number of anilines is 2. The molecule has 1 amide bonds. The monoisotopic (exact) mass is 348 g/mol. The van der Waals surface area contributed by atoms with E-state index in [0.29, 0.717) is 0 Å². The van der Waals surface area contributed by atoms with Gasteiger partial charge in [-0.1, -0.05) is 12.1 Å². The van der Waals surface area contributed by atoms with Crippen LogP contribution in [0.25, 0.3) is 10.9 Å². The summed E-state index contributed by atoms with van der Waals surface area (Å²) in [6.07, 6.45) is 7.11. The predicted octanol–water partition coefficient (Wildman–Crippen LogP) is 2.30. The standard InChI is InChI=1S/C19H20N6O/c26-19(25-10-3-7-15-17(25)11-22-23-15)16-8-4-9-24(16)18-13-5-1-2-6-14(13)20-12-21-18/h1-2,5-6,11-12,16H,3-4,7-10H2,(H,22,23)/t16-/m1/s1. The predicted molar refractivity (Wildman–Crippen MR) is 99.2 cm³/mol. The van der Waals surface area contributed by atoms with Crippen molar-refractivity contribution in [3.8, 4) is 0 Å². The Morgan fingerprint density at radius 1 is 1.15 bits per heavy atom. The van der Waals surface area contributed by atoms with E-state index in [4.69, 9.17) is 0 Å². The van der Waals surface area contributed by atoms with Crippen molar-refractivity contribution in [1.29, 1.82) is 0 Å². The molecule has 1 aromatic carbocycles. The van der Waals surface area contributed by atoms with Gasteiger partial charge in [-0.05, 0) is 37.8 Å². The van der Waals surface area contributed by atoms with E-state index in [2.05, 4.69) is 25.1 Å². The zero-order chi connectivity index (χ0) is 17.5. The van der Waals surface area contributed by atoms with Crippen molar-refractivity contribution in [2.75, 3.05) is 22.9 Å². The average molecular weight is 348 g/mol. The van der Waals surface area contributed by atoms with E-state index in [1.807, 2.05) is 29.2 Å². The van der Waals surface area contributed by atoms with Crippen LogP contribution in [0.3, 0.4) is 0 Å². The highest BCUT2D eigenvalue weighted by molar-refractivity contribution is 6.01. The largest absolute Gasteiger partial charge is 0.344 e. The first-order valence-corrected chi connectivity index (χ1v) is 9.13. The molecule has 0 unspecified atom stereocenters. The van der Waals surface area contributed by atoms with E-state index < -0.39 is 0 Å². The number of carbonyl (C=O) groups excluding carboxylic acids is 1. The Bertz CT molecular complexity index is 962. The number of benzene rings is 1. The fourth-order valence-corrected chi connectivity index (χ4v) is 4.16. The highest BCUT2D eigenvalue weighted by Crippen LogP contribution is 2.32. The molecule has 0 radical (unpaired) electrons. The molecule has 3 aromatic rings. The summed E-state index contributed by atoms with van der Waals surface area (Å²) in [5, 5.41) is 8.15. The number of hydrogen-bond donors (Lipinski definition) is 1. The number of nitrogens with zero attached hydrogens (tertiary/aromatic N) is 5. The molecule has 0 aliphatic carbocycles. The SMILES string of the molecule is O=C([C@H]1CCCN1c1ncnc2ccccc12)N1CCCc2[nH]ncc21. The molecular formula is C19H20N6O. The van der Waals surface area contributed by atoms with Crippen LogP contribution in [0.2, 0.25) is 0 Å². The van der Waals surface area contributed by atoms with Gasteiger partial charge in [0, 0.05) is 18.5 Å². The number of nitrogens with one attached hydrogen (secondary N) is 1. The summed E-state index contributed by atoms with van der Waals surface area (Å²) in [5.41, 5.74) is 2.90. The summed E-state index contributed by atoms with van der Waals surface area (Å²) in [5.74, 6) is 1.00. The zero-order valence-electron chi connectivity index (χ0n) is 14.4. The molecule has 1 N–H and O–H groups in total. The fourth-order valence-electron chi connectivity index (χ4n) is 4.16. The lowest BCUT2D eigenvalue weighted by molar-refractivity contribution is -0.119. The van der Waals surface area contributed by atoms with Gasteiger partial charge in [0.1, 0.15) is 18.2 Å². The Morgan fingerprint density at radius 2 is 2.08 bits per heavy atom. The van der Waals surface area contributed by atoms with E-state index in [1.54, 1.807) is 12.5 Å². The molecule has 0 bridgehead atoms. The minimum absolute atomic E-state index is 0.146. The second kappa shape index (κ2) is 6.09. The molecule has 0 saturated carbocycles. The van der Waals surface area contributed by atoms with Crippen LogP contribution in [-0.4, -0.2) is 45.2 Å². The maximum Gasteiger partial charge on any atom is 0.249 e. The number of hydrogen-bond acceptors (Lipinski definition) is 5. The third kappa shape index (κ3) is 2.34. The van der Waals surface area contributed by atoms with E-state index in [-0.39, 0.29) is 11.9 Å². The molecule has 0 spiro atoms.